The van der Waals surface area contributed by atoms with E-state index >= 15 is 0 Å². The standard InChI is InChI=1S/C10H11ClFN/c1-8-4-2-5-9(12)10(8)13-7-3-6-11/h2-6,13H,7H2,1H3/b6-3+. The van der Waals surface area contributed by atoms with Gasteiger partial charge in [0.25, 0.3) is 0 Å². The summed E-state index contributed by atoms with van der Waals surface area (Å²) in [6.07, 6.45) is 1.72. The summed E-state index contributed by atoms with van der Waals surface area (Å²) in [5, 5.41) is 2.94. The normalized spacial score (nSPS) is 10.7. The summed E-state index contributed by atoms with van der Waals surface area (Å²) in [5.41, 5.74) is 2.84. The van der Waals surface area contributed by atoms with E-state index in [1.54, 1.807) is 12.1 Å². The Bertz CT molecular complexity index is 290. The molecule has 0 unspecified atom stereocenters. The highest BCUT2D eigenvalue weighted by Gasteiger charge is 2.01. The van der Waals surface area contributed by atoms with Crippen molar-refractivity contribution in [3.63, 3.8) is 0 Å². The van der Waals surface area contributed by atoms with Crippen molar-refractivity contribution in [3.8, 4) is 0 Å². The molecule has 70 valence electrons. The number of halogens is 2. The topological polar surface area (TPSA) is 12.0 Å². The lowest BCUT2D eigenvalue weighted by Gasteiger charge is -2.07. The lowest BCUT2D eigenvalue weighted by atomic mass is 10.2. The Labute approximate surface area is 82.2 Å². The molecular formula is C10H11ClFN. The Morgan fingerprint density at radius 2 is 2.31 bits per heavy atom. The zero-order chi connectivity index (χ0) is 9.68. The van der Waals surface area contributed by atoms with E-state index in [-0.39, 0.29) is 5.82 Å². The molecule has 3 heteroatoms. The van der Waals surface area contributed by atoms with E-state index < -0.39 is 0 Å². The van der Waals surface area contributed by atoms with Crippen molar-refractivity contribution >= 4 is 17.3 Å². The SMILES string of the molecule is Cc1cccc(F)c1NC/C=C/Cl. The molecule has 1 rings (SSSR count). The molecule has 0 spiro atoms. The molecule has 0 saturated heterocycles. The van der Waals surface area contributed by atoms with E-state index in [1.165, 1.54) is 11.6 Å². The number of anilines is 1. The first-order valence-electron chi connectivity index (χ1n) is 4.00. The van der Waals surface area contributed by atoms with Crippen molar-refractivity contribution in [3.05, 3.63) is 41.2 Å². The maximum atomic E-state index is 13.2. The Balaban J connectivity index is 2.75. The van der Waals surface area contributed by atoms with Crippen LogP contribution in [0.2, 0.25) is 0 Å². The zero-order valence-electron chi connectivity index (χ0n) is 7.35. The second kappa shape index (κ2) is 4.87. The fourth-order valence-corrected chi connectivity index (χ4v) is 1.15. The summed E-state index contributed by atoms with van der Waals surface area (Å²) in [6.45, 7) is 2.39. The molecule has 0 atom stereocenters. The molecule has 1 aromatic carbocycles. The van der Waals surface area contributed by atoms with Crippen LogP contribution in [0.3, 0.4) is 0 Å². The summed E-state index contributed by atoms with van der Waals surface area (Å²) in [6, 6.07) is 4.98. The van der Waals surface area contributed by atoms with Gasteiger partial charge in [0, 0.05) is 12.1 Å². The minimum absolute atomic E-state index is 0.233. The van der Waals surface area contributed by atoms with Gasteiger partial charge >= 0.3 is 0 Å². The average molecular weight is 200 g/mol. The Morgan fingerprint density at radius 3 is 2.92 bits per heavy atom. The van der Waals surface area contributed by atoms with Gasteiger partial charge in [-0.1, -0.05) is 29.8 Å². The van der Waals surface area contributed by atoms with Crippen LogP contribution in [0.5, 0.6) is 0 Å². The van der Waals surface area contributed by atoms with Gasteiger partial charge in [-0.3, -0.25) is 0 Å². The third-order valence-electron chi connectivity index (χ3n) is 1.71. The van der Waals surface area contributed by atoms with Gasteiger partial charge in [0.15, 0.2) is 0 Å². The summed E-state index contributed by atoms with van der Waals surface area (Å²) >= 11 is 5.33. The molecular weight excluding hydrogens is 189 g/mol. The van der Waals surface area contributed by atoms with E-state index in [2.05, 4.69) is 5.32 Å². The van der Waals surface area contributed by atoms with Gasteiger partial charge in [-0.05, 0) is 18.6 Å². The van der Waals surface area contributed by atoms with Crippen molar-refractivity contribution in [2.24, 2.45) is 0 Å². The summed E-state index contributed by atoms with van der Waals surface area (Å²) in [4.78, 5) is 0. The highest BCUT2D eigenvalue weighted by atomic mass is 35.5. The average Bonchev–Trinajstić information content (AvgIpc) is 2.10. The van der Waals surface area contributed by atoms with Crippen LogP contribution in [0.4, 0.5) is 10.1 Å². The van der Waals surface area contributed by atoms with Crippen LogP contribution in [-0.4, -0.2) is 6.54 Å². The maximum Gasteiger partial charge on any atom is 0.146 e. The number of aryl methyl sites for hydroxylation is 1. The van der Waals surface area contributed by atoms with Gasteiger partial charge in [-0.2, -0.15) is 0 Å². The number of hydrogen-bond donors (Lipinski definition) is 1. The largest absolute Gasteiger partial charge is 0.379 e. The fourth-order valence-electron chi connectivity index (χ4n) is 1.06. The van der Waals surface area contributed by atoms with Gasteiger partial charge in [-0.15, -0.1) is 0 Å². The van der Waals surface area contributed by atoms with Crippen LogP contribution in [0.15, 0.2) is 29.8 Å². The van der Waals surface area contributed by atoms with Crippen LogP contribution < -0.4 is 5.32 Å². The zero-order valence-corrected chi connectivity index (χ0v) is 8.11. The Morgan fingerprint density at radius 1 is 1.54 bits per heavy atom. The Hall–Kier alpha value is -1.02. The maximum absolute atomic E-state index is 13.2. The van der Waals surface area contributed by atoms with Gasteiger partial charge < -0.3 is 5.32 Å². The molecule has 0 fully saturated rings. The van der Waals surface area contributed by atoms with Crippen molar-refractivity contribution in [2.75, 3.05) is 11.9 Å². The second-order valence-corrected chi connectivity index (χ2v) is 2.93. The van der Waals surface area contributed by atoms with Crippen LogP contribution >= 0.6 is 11.6 Å². The van der Waals surface area contributed by atoms with Gasteiger partial charge in [-0.25, -0.2) is 4.39 Å². The van der Waals surface area contributed by atoms with Gasteiger partial charge in [0.2, 0.25) is 0 Å². The lowest BCUT2D eigenvalue weighted by molar-refractivity contribution is 0.630. The smallest absolute Gasteiger partial charge is 0.146 e. The number of para-hydroxylation sites is 1. The number of benzene rings is 1. The first-order valence-corrected chi connectivity index (χ1v) is 4.43. The van der Waals surface area contributed by atoms with Crippen LogP contribution in [0.25, 0.3) is 0 Å². The fraction of sp³-hybridized carbons (Fsp3) is 0.200. The molecule has 0 aliphatic carbocycles. The van der Waals surface area contributed by atoms with Gasteiger partial charge in [0.1, 0.15) is 5.82 Å². The molecule has 13 heavy (non-hydrogen) atoms. The molecule has 0 bridgehead atoms. The monoisotopic (exact) mass is 199 g/mol. The summed E-state index contributed by atoms with van der Waals surface area (Å²) in [7, 11) is 0. The molecule has 0 radical (unpaired) electrons. The molecule has 1 N–H and O–H groups in total. The van der Waals surface area contributed by atoms with E-state index in [0.29, 0.717) is 12.2 Å². The third kappa shape index (κ3) is 2.74. The number of nitrogens with one attached hydrogen (secondary N) is 1. The van der Waals surface area contributed by atoms with Crippen LogP contribution in [-0.2, 0) is 0 Å². The molecule has 0 heterocycles. The highest BCUT2D eigenvalue weighted by molar-refractivity contribution is 6.25. The highest BCUT2D eigenvalue weighted by Crippen LogP contribution is 2.17. The van der Waals surface area contributed by atoms with Crippen LogP contribution in [0, 0.1) is 12.7 Å². The molecule has 0 amide bonds. The predicted molar refractivity (Wildman–Crippen MR) is 54.6 cm³/mol. The molecule has 0 aromatic heterocycles. The number of rotatable bonds is 3. The minimum Gasteiger partial charge on any atom is -0.379 e. The van der Waals surface area contributed by atoms with E-state index in [0.717, 1.165) is 5.56 Å². The van der Waals surface area contributed by atoms with Crippen molar-refractivity contribution in [1.29, 1.82) is 0 Å². The molecule has 0 saturated carbocycles. The molecule has 1 nitrogen and oxygen atoms in total. The molecule has 1 aromatic rings. The quantitative estimate of drug-likeness (QED) is 0.788. The predicted octanol–water partition coefficient (Wildman–Crippen LogP) is 3.30. The molecule has 0 aliphatic rings. The first kappa shape index (κ1) is 10.1. The summed E-state index contributed by atoms with van der Waals surface area (Å²) < 4.78 is 13.2. The van der Waals surface area contributed by atoms with E-state index in [1.807, 2.05) is 13.0 Å². The number of hydrogen-bond acceptors (Lipinski definition) is 1. The van der Waals surface area contributed by atoms with E-state index in [4.69, 9.17) is 11.6 Å². The van der Waals surface area contributed by atoms with Crippen LogP contribution in [0.1, 0.15) is 5.56 Å². The third-order valence-corrected chi connectivity index (χ3v) is 1.89. The Kier molecular flexibility index (Phi) is 3.77. The second-order valence-electron chi connectivity index (χ2n) is 2.67. The summed E-state index contributed by atoms with van der Waals surface area (Å²) in [5.74, 6) is -0.233. The first-order chi connectivity index (χ1) is 6.25. The van der Waals surface area contributed by atoms with Crippen molar-refractivity contribution in [1.82, 2.24) is 0 Å². The molecule has 0 aliphatic heterocycles. The van der Waals surface area contributed by atoms with Crippen molar-refractivity contribution < 1.29 is 4.39 Å². The van der Waals surface area contributed by atoms with E-state index in [9.17, 15) is 4.39 Å². The van der Waals surface area contributed by atoms with Crippen molar-refractivity contribution in [2.45, 2.75) is 6.92 Å². The van der Waals surface area contributed by atoms with Gasteiger partial charge in [0.05, 0.1) is 5.69 Å². The minimum atomic E-state index is -0.233. The lowest BCUT2D eigenvalue weighted by Crippen LogP contribution is -2.02.